The molecule has 2 heterocycles. The zero-order valence-corrected chi connectivity index (χ0v) is 15.0. The van der Waals surface area contributed by atoms with E-state index in [4.69, 9.17) is 0 Å². The Bertz CT molecular complexity index is 1070. The summed E-state index contributed by atoms with van der Waals surface area (Å²) in [6.45, 7) is 2.08. The standard InChI is InChI=1S/C22H20N4O/c1-15(17-5-3-2-4-6-17)26-22-20-10-18(7-8-21(20)24-14-25-22)19-9-16(13-27)11-23-12-19/h2-12,14-15,27H,13H2,1H3,(H,24,25,26). The molecule has 4 rings (SSSR count). The Morgan fingerprint density at radius 1 is 0.963 bits per heavy atom. The van der Waals surface area contributed by atoms with Gasteiger partial charge >= 0.3 is 0 Å². The normalized spacial score (nSPS) is 12.1. The highest BCUT2D eigenvalue weighted by molar-refractivity contribution is 5.92. The lowest BCUT2D eigenvalue weighted by Gasteiger charge is -2.16. The minimum Gasteiger partial charge on any atom is -0.392 e. The average Bonchev–Trinajstić information content (AvgIpc) is 2.74. The lowest BCUT2D eigenvalue weighted by atomic mass is 10.0. The number of fused-ring (bicyclic) bond motifs is 1. The number of nitrogens with zero attached hydrogens (tertiary/aromatic N) is 3. The van der Waals surface area contributed by atoms with Crippen LogP contribution in [0.15, 0.2) is 73.3 Å². The van der Waals surface area contributed by atoms with Gasteiger partial charge in [0.25, 0.3) is 0 Å². The highest BCUT2D eigenvalue weighted by Crippen LogP contribution is 2.29. The third kappa shape index (κ3) is 3.64. The number of nitrogens with one attached hydrogen (secondary N) is 1. The van der Waals surface area contributed by atoms with Crippen molar-refractivity contribution in [3.8, 4) is 11.1 Å². The van der Waals surface area contributed by atoms with Crippen molar-refractivity contribution in [2.45, 2.75) is 19.6 Å². The fourth-order valence-electron chi connectivity index (χ4n) is 3.11. The van der Waals surface area contributed by atoms with Gasteiger partial charge in [-0.05, 0) is 41.8 Å². The van der Waals surface area contributed by atoms with Crippen LogP contribution in [0.5, 0.6) is 0 Å². The van der Waals surface area contributed by atoms with Crippen molar-refractivity contribution >= 4 is 16.7 Å². The van der Waals surface area contributed by atoms with E-state index in [0.717, 1.165) is 33.4 Å². The fraction of sp³-hybridized carbons (Fsp3) is 0.136. The van der Waals surface area contributed by atoms with Gasteiger partial charge in [-0.15, -0.1) is 0 Å². The van der Waals surface area contributed by atoms with Crippen molar-refractivity contribution in [1.29, 1.82) is 0 Å². The molecule has 27 heavy (non-hydrogen) atoms. The van der Waals surface area contributed by atoms with Crippen LogP contribution >= 0.6 is 0 Å². The van der Waals surface area contributed by atoms with Crippen molar-refractivity contribution in [1.82, 2.24) is 15.0 Å². The van der Waals surface area contributed by atoms with Crippen molar-refractivity contribution in [3.05, 3.63) is 84.4 Å². The number of benzene rings is 2. The number of anilines is 1. The summed E-state index contributed by atoms with van der Waals surface area (Å²) >= 11 is 0. The lowest BCUT2D eigenvalue weighted by Crippen LogP contribution is -2.08. The van der Waals surface area contributed by atoms with Gasteiger partial charge in [0, 0.05) is 29.4 Å². The van der Waals surface area contributed by atoms with E-state index in [9.17, 15) is 5.11 Å². The SMILES string of the molecule is CC(Nc1ncnc2ccc(-c3cncc(CO)c3)cc12)c1ccccc1. The van der Waals surface area contributed by atoms with Crippen LogP contribution in [0.2, 0.25) is 0 Å². The molecule has 2 N–H and O–H groups in total. The molecule has 2 aromatic heterocycles. The van der Waals surface area contributed by atoms with Crippen molar-refractivity contribution in [3.63, 3.8) is 0 Å². The Morgan fingerprint density at radius 3 is 2.63 bits per heavy atom. The molecule has 134 valence electrons. The van der Waals surface area contributed by atoms with Gasteiger partial charge in [-0.2, -0.15) is 0 Å². The minimum absolute atomic E-state index is 0.0288. The smallest absolute Gasteiger partial charge is 0.137 e. The average molecular weight is 356 g/mol. The van der Waals surface area contributed by atoms with Gasteiger partial charge in [0.05, 0.1) is 12.1 Å². The van der Waals surface area contributed by atoms with Gasteiger partial charge in [-0.25, -0.2) is 9.97 Å². The van der Waals surface area contributed by atoms with Crippen molar-refractivity contribution in [2.75, 3.05) is 5.32 Å². The number of aliphatic hydroxyl groups is 1. The Labute approximate surface area is 157 Å². The molecular weight excluding hydrogens is 336 g/mol. The van der Waals surface area contributed by atoms with E-state index in [-0.39, 0.29) is 12.6 Å². The van der Waals surface area contributed by atoms with E-state index in [2.05, 4.69) is 45.4 Å². The van der Waals surface area contributed by atoms with Gasteiger partial charge in [-0.3, -0.25) is 4.98 Å². The Hall–Kier alpha value is -3.31. The maximum absolute atomic E-state index is 9.36. The van der Waals surface area contributed by atoms with Crippen LogP contribution in [0.25, 0.3) is 22.0 Å². The van der Waals surface area contributed by atoms with Crippen LogP contribution in [-0.4, -0.2) is 20.1 Å². The number of rotatable bonds is 5. The fourth-order valence-corrected chi connectivity index (χ4v) is 3.11. The second-order valence-corrected chi connectivity index (χ2v) is 6.47. The highest BCUT2D eigenvalue weighted by Gasteiger charge is 2.10. The Morgan fingerprint density at radius 2 is 1.81 bits per heavy atom. The molecule has 0 fully saturated rings. The largest absolute Gasteiger partial charge is 0.392 e. The molecule has 0 saturated heterocycles. The quantitative estimate of drug-likeness (QED) is 0.556. The molecule has 0 spiro atoms. The maximum Gasteiger partial charge on any atom is 0.137 e. The zero-order valence-electron chi connectivity index (χ0n) is 15.0. The predicted molar refractivity (Wildman–Crippen MR) is 107 cm³/mol. The molecule has 5 nitrogen and oxygen atoms in total. The zero-order chi connectivity index (χ0) is 18.6. The Balaban J connectivity index is 1.73. The van der Waals surface area contributed by atoms with E-state index in [1.54, 1.807) is 18.7 Å². The first-order valence-electron chi connectivity index (χ1n) is 8.86. The molecule has 5 heteroatoms. The monoisotopic (exact) mass is 356 g/mol. The van der Waals surface area contributed by atoms with Crippen molar-refractivity contribution in [2.24, 2.45) is 0 Å². The molecule has 4 aromatic rings. The van der Waals surface area contributed by atoms with Crippen LogP contribution in [0.1, 0.15) is 24.1 Å². The first kappa shape index (κ1) is 17.1. The number of pyridine rings is 1. The molecule has 1 unspecified atom stereocenters. The molecule has 0 radical (unpaired) electrons. The summed E-state index contributed by atoms with van der Waals surface area (Å²) in [5.41, 5.74) is 4.82. The van der Waals surface area contributed by atoms with Crippen LogP contribution in [0.4, 0.5) is 5.82 Å². The molecule has 0 aliphatic carbocycles. The van der Waals surface area contributed by atoms with Gasteiger partial charge in [0.2, 0.25) is 0 Å². The number of aromatic nitrogens is 3. The van der Waals surface area contributed by atoms with E-state index < -0.39 is 0 Å². The molecule has 0 aliphatic heterocycles. The second kappa shape index (κ2) is 7.51. The summed E-state index contributed by atoms with van der Waals surface area (Å²) < 4.78 is 0. The van der Waals surface area contributed by atoms with Crippen LogP contribution in [0, 0.1) is 0 Å². The van der Waals surface area contributed by atoms with Gasteiger partial charge in [0.15, 0.2) is 0 Å². The van der Waals surface area contributed by atoms with Crippen LogP contribution in [-0.2, 0) is 6.61 Å². The summed E-state index contributed by atoms with van der Waals surface area (Å²) in [5.74, 6) is 0.796. The van der Waals surface area contributed by atoms with E-state index in [1.165, 1.54) is 5.56 Å². The summed E-state index contributed by atoms with van der Waals surface area (Å²) in [4.78, 5) is 13.1. The van der Waals surface area contributed by atoms with Gasteiger partial charge in [-0.1, -0.05) is 36.4 Å². The van der Waals surface area contributed by atoms with E-state index >= 15 is 0 Å². The number of aliphatic hydroxyl groups excluding tert-OH is 1. The maximum atomic E-state index is 9.36. The molecule has 0 aliphatic rings. The van der Waals surface area contributed by atoms with Crippen LogP contribution < -0.4 is 5.32 Å². The second-order valence-electron chi connectivity index (χ2n) is 6.47. The summed E-state index contributed by atoms with van der Waals surface area (Å²) in [6.07, 6.45) is 5.04. The summed E-state index contributed by atoms with van der Waals surface area (Å²) in [6, 6.07) is 18.4. The first-order valence-corrected chi connectivity index (χ1v) is 8.86. The van der Waals surface area contributed by atoms with E-state index in [1.807, 2.05) is 36.4 Å². The topological polar surface area (TPSA) is 70.9 Å². The van der Waals surface area contributed by atoms with Gasteiger partial charge in [0.1, 0.15) is 12.1 Å². The predicted octanol–water partition coefficient (Wildman–Crippen LogP) is 4.36. The molecule has 0 saturated carbocycles. The summed E-state index contributed by atoms with van der Waals surface area (Å²) in [7, 11) is 0. The van der Waals surface area contributed by atoms with Crippen molar-refractivity contribution < 1.29 is 5.11 Å². The van der Waals surface area contributed by atoms with E-state index in [0.29, 0.717) is 0 Å². The highest BCUT2D eigenvalue weighted by atomic mass is 16.3. The number of hydrogen-bond donors (Lipinski definition) is 2. The van der Waals surface area contributed by atoms with Gasteiger partial charge < -0.3 is 10.4 Å². The molecule has 0 bridgehead atoms. The third-order valence-corrected chi connectivity index (χ3v) is 4.60. The lowest BCUT2D eigenvalue weighted by molar-refractivity contribution is 0.281. The molecule has 1 atom stereocenters. The minimum atomic E-state index is -0.0288. The molecular formula is C22H20N4O. The first-order chi connectivity index (χ1) is 13.2. The summed E-state index contributed by atoms with van der Waals surface area (Å²) in [5, 5.41) is 13.8. The molecule has 2 aromatic carbocycles. The van der Waals surface area contributed by atoms with Crippen LogP contribution in [0.3, 0.4) is 0 Å². The third-order valence-electron chi connectivity index (χ3n) is 4.60. The molecule has 0 amide bonds. The Kier molecular flexibility index (Phi) is 4.77. The number of hydrogen-bond acceptors (Lipinski definition) is 5.